The second-order valence-corrected chi connectivity index (χ2v) is 3.64. The van der Waals surface area contributed by atoms with Crippen LogP contribution in [0.4, 0.5) is 0 Å². The van der Waals surface area contributed by atoms with E-state index in [4.69, 9.17) is 25.8 Å². The largest absolute Gasteiger partial charge is 0.379 e. The summed E-state index contributed by atoms with van der Waals surface area (Å²) in [7, 11) is 0. The van der Waals surface area contributed by atoms with Gasteiger partial charge < -0.3 is 14.2 Å². The standard InChI is InChI=1S/C11H21ClO4/c1-3-16-10(2)9-15-7-6-14-5-4-11(13)8-12/h10H,3-9H2,1-2H3. The maximum absolute atomic E-state index is 10.8. The average Bonchev–Trinajstić information content (AvgIpc) is 2.27. The Bertz CT molecular complexity index is 175. The lowest BCUT2D eigenvalue weighted by molar-refractivity contribution is -0.117. The topological polar surface area (TPSA) is 44.8 Å². The van der Waals surface area contributed by atoms with Crippen LogP contribution in [0.3, 0.4) is 0 Å². The number of ether oxygens (including phenoxy) is 3. The highest BCUT2D eigenvalue weighted by atomic mass is 35.5. The summed E-state index contributed by atoms with van der Waals surface area (Å²) in [5.41, 5.74) is 0. The van der Waals surface area contributed by atoms with Crippen molar-refractivity contribution in [3.63, 3.8) is 0 Å². The Labute approximate surface area is 102 Å². The van der Waals surface area contributed by atoms with Gasteiger partial charge >= 0.3 is 0 Å². The zero-order chi connectivity index (χ0) is 12.2. The molecule has 16 heavy (non-hydrogen) atoms. The van der Waals surface area contributed by atoms with Crippen molar-refractivity contribution in [2.24, 2.45) is 0 Å². The lowest BCUT2D eigenvalue weighted by atomic mass is 10.3. The average molecular weight is 253 g/mol. The summed E-state index contributed by atoms with van der Waals surface area (Å²) in [4.78, 5) is 10.8. The number of halogens is 1. The van der Waals surface area contributed by atoms with Crippen molar-refractivity contribution < 1.29 is 19.0 Å². The van der Waals surface area contributed by atoms with Crippen molar-refractivity contribution in [1.29, 1.82) is 0 Å². The Balaban J connectivity index is 3.12. The number of rotatable bonds is 11. The zero-order valence-corrected chi connectivity index (χ0v) is 10.8. The van der Waals surface area contributed by atoms with Gasteiger partial charge in [-0.25, -0.2) is 0 Å². The van der Waals surface area contributed by atoms with Crippen LogP contribution in [0, 0.1) is 0 Å². The van der Waals surface area contributed by atoms with Crippen LogP contribution in [0.1, 0.15) is 20.3 Å². The van der Waals surface area contributed by atoms with E-state index in [-0.39, 0.29) is 17.8 Å². The smallest absolute Gasteiger partial charge is 0.149 e. The van der Waals surface area contributed by atoms with Crippen LogP contribution in [0.15, 0.2) is 0 Å². The van der Waals surface area contributed by atoms with Gasteiger partial charge in [0.05, 0.1) is 38.4 Å². The van der Waals surface area contributed by atoms with Crippen LogP contribution in [-0.2, 0) is 19.0 Å². The molecule has 0 aliphatic rings. The predicted molar refractivity (Wildman–Crippen MR) is 63.1 cm³/mol. The van der Waals surface area contributed by atoms with Gasteiger partial charge in [0.15, 0.2) is 0 Å². The molecular formula is C11H21ClO4. The molecule has 0 heterocycles. The monoisotopic (exact) mass is 252 g/mol. The fourth-order valence-electron chi connectivity index (χ4n) is 1.05. The van der Waals surface area contributed by atoms with Gasteiger partial charge in [-0.1, -0.05) is 0 Å². The van der Waals surface area contributed by atoms with E-state index in [0.717, 1.165) is 0 Å². The summed E-state index contributed by atoms with van der Waals surface area (Å²) in [6.07, 6.45) is 0.488. The van der Waals surface area contributed by atoms with Gasteiger partial charge in [0.25, 0.3) is 0 Å². The first-order valence-electron chi connectivity index (χ1n) is 5.55. The summed E-state index contributed by atoms with van der Waals surface area (Å²) < 4.78 is 15.8. The number of alkyl halides is 1. The summed E-state index contributed by atoms with van der Waals surface area (Å²) in [5, 5.41) is 0. The number of ketones is 1. The third kappa shape index (κ3) is 10.4. The van der Waals surface area contributed by atoms with Crippen molar-refractivity contribution in [2.75, 3.05) is 38.9 Å². The second-order valence-electron chi connectivity index (χ2n) is 3.38. The van der Waals surface area contributed by atoms with Crippen molar-refractivity contribution in [3.8, 4) is 0 Å². The third-order valence-electron chi connectivity index (χ3n) is 1.85. The van der Waals surface area contributed by atoms with Crippen molar-refractivity contribution in [2.45, 2.75) is 26.4 Å². The van der Waals surface area contributed by atoms with Gasteiger partial charge in [0.2, 0.25) is 0 Å². The first kappa shape index (κ1) is 15.8. The number of carbonyl (C=O) groups is 1. The molecule has 0 amide bonds. The minimum Gasteiger partial charge on any atom is -0.379 e. The van der Waals surface area contributed by atoms with Crippen molar-refractivity contribution in [3.05, 3.63) is 0 Å². The van der Waals surface area contributed by atoms with Crippen molar-refractivity contribution in [1.82, 2.24) is 0 Å². The molecule has 96 valence electrons. The number of Topliss-reactive ketones (excluding diaryl/α,β-unsaturated/α-hetero) is 1. The molecule has 0 aromatic heterocycles. The molecule has 1 unspecified atom stereocenters. The molecule has 0 aromatic rings. The highest BCUT2D eigenvalue weighted by Gasteiger charge is 2.01. The van der Waals surface area contributed by atoms with Gasteiger partial charge in [-0.05, 0) is 13.8 Å². The molecule has 1 atom stereocenters. The molecule has 0 bridgehead atoms. The fourth-order valence-corrected chi connectivity index (χ4v) is 1.19. The summed E-state index contributed by atoms with van der Waals surface area (Å²) >= 11 is 5.34. The Hall–Kier alpha value is -0.160. The SMILES string of the molecule is CCOC(C)COCCOCCC(=O)CCl. The van der Waals surface area contributed by atoms with E-state index >= 15 is 0 Å². The van der Waals surface area contributed by atoms with Gasteiger partial charge in [-0.3, -0.25) is 4.79 Å². The molecule has 0 aromatic carbocycles. The maximum Gasteiger partial charge on any atom is 0.149 e. The van der Waals surface area contributed by atoms with Crippen molar-refractivity contribution >= 4 is 17.4 Å². The molecule has 0 radical (unpaired) electrons. The number of hydrogen-bond donors (Lipinski definition) is 0. The number of carbonyl (C=O) groups excluding carboxylic acids is 1. The van der Waals surface area contributed by atoms with E-state index in [1.54, 1.807) is 0 Å². The summed E-state index contributed by atoms with van der Waals surface area (Å²) in [5.74, 6) is 0.0682. The van der Waals surface area contributed by atoms with Gasteiger partial charge in [0.1, 0.15) is 5.78 Å². The molecule has 4 nitrogen and oxygen atoms in total. The minimum atomic E-state index is 0.00699. The maximum atomic E-state index is 10.8. The summed E-state index contributed by atoms with van der Waals surface area (Å²) in [6, 6.07) is 0. The van der Waals surface area contributed by atoms with Gasteiger partial charge in [0, 0.05) is 13.0 Å². The first-order valence-corrected chi connectivity index (χ1v) is 6.08. The van der Waals surface area contributed by atoms with Crippen LogP contribution < -0.4 is 0 Å². The lowest BCUT2D eigenvalue weighted by Crippen LogP contribution is -2.18. The third-order valence-corrected chi connectivity index (χ3v) is 2.15. The molecule has 0 aliphatic heterocycles. The molecule has 0 saturated carbocycles. The van der Waals surface area contributed by atoms with E-state index < -0.39 is 0 Å². The molecule has 0 rings (SSSR count). The number of hydrogen-bond acceptors (Lipinski definition) is 4. The van der Waals surface area contributed by atoms with E-state index in [0.29, 0.717) is 39.5 Å². The van der Waals surface area contributed by atoms with Gasteiger partial charge in [-0.15, -0.1) is 11.6 Å². The minimum absolute atomic E-state index is 0.00699. The Morgan fingerprint density at radius 1 is 1.25 bits per heavy atom. The first-order chi connectivity index (χ1) is 7.70. The summed E-state index contributed by atoms with van der Waals surface area (Å²) in [6.45, 7) is 6.60. The van der Waals surface area contributed by atoms with Crippen LogP contribution in [0.2, 0.25) is 0 Å². The fraction of sp³-hybridized carbons (Fsp3) is 0.909. The van der Waals surface area contributed by atoms with Crippen LogP contribution >= 0.6 is 11.6 Å². The van der Waals surface area contributed by atoms with E-state index in [9.17, 15) is 4.79 Å². The highest BCUT2D eigenvalue weighted by Crippen LogP contribution is 1.92. The zero-order valence-electron chi connectivity index (χ0n) is 10.0. The van der Waals surface area contributed by atoms with E-state index in [1.165, 1.54) is 0 Å². The predicted octanol–water partition coefficient (Wildman–Crippen LogP) is 1.64. The normalized spacial score (nSPS) is 12.7. The highest BCUT2D eigenvalue weighted by molar-refractivity contribution is 6.27. The Morgan fingerprint density at radius 3 is 2.56 bits per heavy atom. The van der Waals surface area contributed by atoms with Crippen LogP contribution in [-0.4, -0.2) is 50.8 Å². The van der Waals surface area contributed by atoms with E-state index in [2.05, 4.69) is 0 Å². The Morgan fingerprint density at radius 2 is 1.94 bits per heavy atom. The molecule has 5 heteroatoms. The molecule has 0 fully saturated rings. The molecular weight excluding hydrogens is 232 g/mol. The van der Waals surface area contributed by atoms with Gasteiger partial charge in [-0.2, -0.15) is 0 Å². The molecule has 0 N–H and O–H groups in total. The second kappa shape index (κ2) is 11.3. The quantitative estimate of drug-likeness (QED) is 0.414. The van der Waals surface area contributed by atoms with Crippen LogP contribution in [0.25, 0.3) is 0 Å². The molecule has 0 saturated heterocycles. The Kier molecular flexibility index (Phi) is 11.2. The molecule has 0 spiro atoms. The van der Waals surface area contributed by atoms with E-state index in [1.807, 2.05) is 13.8 Å². The van der Waals surface area contributed by atoms with Crippen LogP contribution in [0.5, 0.6) is 0 Å². The molecule has 0 aliphatic carbocycles. The lowest BCUT2D eigenvalue weighted by Gasteiger charge is -2.11.